The molecule has 0 aliphatic heterocycles. The van der Waals surface area contributed by atoms with Crippen LogP contribution in [0.4, 0.5) is 0 Å². The van der Waals surface area contributed by atoms with Crippen molar-refractivity contribution in [1.82, 2.24) is 5.32 Å². The predicted molar refractivity (Wildman–Crippen MR) is 83.1 cm³/mol. The summed E-state index contributed by atoms with van der Waals surface area (Å²) in [5, 5.41) is 12.3. The SMILES string of the molecule is CNC(C)(C#N)CC(C)Oc1cc(C)ccc1C(C)C. The summed E-state index contributed by atoms with van der Waals surface area (Å²) >= 11 is 0. The molecule has 1 aromatic carbocycles. The van der Waals surface area contributed by atoms with Crippen molar-refractivity contribution >= 4 is 0 Å². The smallest absolute Gasteiger partial charge is 0.123 e. The van der Waals surface area contributed by atoms with E-state index in [1.54, 1.807) is 0 Å². The van der Waals surface area contributed by atoms with Gasteiger partial charge in [-0.3, -0.25) is 0 Å². The molecule has 0 spiro atoms. The highest BCUT2D eigenvalue weighted by Crippen LogP contribution is 2.29. The van der Waals surface area contributed by atoms with Crippen LogP contribution in [0.1, 0.15) is 51.2 Å². The van der Waals surface area contributed by atoms with Gasteiger partial charge >= 0.3 is 0 Å². The van der Waals surface area contributed by atoms with E-state index in [1.165, 1.54) is 11.1 Å². The van der Waals surface area contributed by atoms with Gasteiger partial charge in [0.15, 0.2) is 0 Å². The fourth-order valence-corrected chi connectivity index (χ4v) is 2.26. The maximum absolute atomic E-state index is 9.22. The maximum atomic E-state index is 9.22. The lowest BCUT2D eigenvalue weighted by molar-refractivity contribution is 0.180. The van der Waals surface area contributed by atoms with Crippen molar-refractivity contribution in [1.29, 1.82) is 5.26 Å². The number of hydrogen-bond acceptors (Lipinski definition) is 3. The molecule has 3 heteroatoms. The number of ether oxygens (including phenoxy) is 1. The molecule has 0 fully saturated rings. The number of nitriles is 1. The van der Waals surface area contributed by atoms with Gasteiger partial charge in [-0.25, -0.2) is 0 Å². The van der Waals surface area contributed by atoms with Crippen LogP contribution in [0.15, 0.2) is 18.2 Å². The third-order valence-electron chi connectivity index (χ3n) is 3.61. The van der Waals surface area contributed by atoms with Gasteiger partial charge in [-0.2, -0.15) is 5.26 Å². The van der Waals surface area contributed by atoms with Crippen LogP contribution in [0.25, 0.3) is 0 Å². The molecule has 0 aliphatic rings. The van der Waals surface area contributed by atoms with E-state index in [2.05, 4.69) is 50.4 Å². The van der Waals surface area contributed by atoms with Crippen molar-refractivity contribution < 1.29 is 4.74 Å². The molecule has 0 amide bonds. The lowest BCUT2D eigenvalue weighted by Crippen LogP contribution is -2.41. The van der Waals surface area contributed by atoms with Crippen LogP contribution in [0.5, 0.6) is 5.75 Å². The fraction of sp³-hybridized carbons (Fsp3) is 0.588. The summed E-state index contributed by atoms with van der Waals surface area (Å²) < 4.78 is 6.10. The molecule has 3 nitrogen and oxygen atoms in total. The van der Waals surface area contributed by atoms with Crippen LogP contribution in [-0.2, 0) is 0 Å². The normalized spacial score (nSPS) is 15.5. The number of aryl methyl sites for hydroxylation is 1. The Hall–Kier alpha value is -1.53. The van der Waals surface area contributed by atoms with Gasteiger partial charge < -0.3 is 10.1 Å². The van der Waals surface area contributed by atoms with Crippen molar-refractivity contribution in [2.24, 2.45) is 0 Å². The minimum Gasteiger partial charge on any atom is -0.490 e. The fourth-order valence-electron chi connectivity index (χ4n) is 2.26. The van der Waals surface area contributed by atoms with Gasteiger partial charge in [-0.1, -0.05) is 26.0 Å². The Kier molecular flexibility index (Phi) is 5.59. The Morgan fingerprint density at radius 2 is 2.00 bits per heavy atom. The van der Waals surface area contributed by atoms with Crippen LogP contribution >= 0.6 is 0 Å². The molecule has 0 radical (unpaired) electrons. The molecule has 1 N–H and O–H groups in total. The largest absolute Gasteiger partial charge is 0.490 e. The van der Waals surface area contributed by atoms with E-state index in [0.717, 1.165) is 5.75 Å². The maximum Gasteiger partial charge on any atom is 0.123 e. The average Bonchev–Trinajstić information content (AvgIpc) is 2.38. The van der Waals surface area contributed by atoms with E-state index in [0.29, 0.717) is 12.3 Å². The van der Waals surface area contributed by atoms with Gasteiger partial charge in [0.25, 0.3) is 0 Å². The van der Waals surface area contributed by atoms with Gasteiger partial charge in [0.1, 0.15) is 11.3 Å². The summed E-state index contributed by atoms with van der Waals surface area (Å²) in [6, 6.07) is 8.62. The van der Waals surface area contributed by atoms with Crippen LogP contribution in [0.3, 0.4) is 0 Å². The lowest BCUT2D eigenvalue weighted by atomic mass is 9.96. The van der Waals surface area contributed by atoms with Crippen LogP contribution in [0, 0.1) is 18.3 Å². The average molecular weight is 274 g/mol. The van der Waals surface area contributed by atoms with Crippen molar-refractivity contribution in [3.8, 4) is 11.8 Å². The second-order valence-corrected chi connectivity index (χ2v) is 6.02. The first-order valence-corrected chi connectivity index (χ1v) is 7.18. The van der Waals surface area contributed by atoms with Gasteiger partial charge in [0.05, 0.1) is 12.2 Å². The summed E-state index contributed by atoms with van der Waals surface area (Å²) in [4.78, 5) is 0. The monoisotopic (exact) mass is 274 g/mol. The minimum atomic E-state index is -0.554. The number of hydrogen-bond donors (Lipinski definition) is 1. The third kappa shape index (κ3) is 4.25. The number of benzene rings is 1. The molecular formula is C17H26N2O. The Morgan fingerprint density at radius 3 is 2.50 bits per heavy atom. The zero-order valence-electron chi connectivity index (χ0n) is 13.4. The van der Waals surface area contributed by atoms with Crippen LogP contribution in [0.2, 0.25) is 0 Å². The number of nitrogens with zero attached hydrogens (tertiary/aromatic N) is 1. The molecule has 1 aromatic rings. The summed E-state index contributed by atoms with van der Waals surface area (Å²) in [6.07, 6.45) is 0.622. The Balaban J connectivity index is 2.88. The molecule has 0 heterocycles. The Morgan fingerprint density at radius 1 is 1.35 bits per heavy atom. The summed E-state index contributed by atoms with van der Waals surface area (Å²) in [7, 11) is 1.81. The number of nitrogens with one attached hydrogen (secondary N) is 1. The van der Waals surface area contributed by atoms with Gasteiger partial charge in [0.2, 0.25) is 0 Å². The van der Waals surface area contributed by atoms with Crippen molar-refractivity contribution in [3.63, 3.8) is 0 Å². The highest BCUT2D eigenvalue weighted by atomic mass is 16.5. The molecular weight excluding hydrogens is 248 g/mol. The van der Waals surface area contributed by atoms with E-state index in [-0.39, 0.29) is 6.10 Å². The van der Waals surface area contributed by atoms with Gasteiger partial charge in [-0.15, -0.1) is 0 Å². The second-order valence-electron chi connectivity index (χ2n) is 6.02. The number of rotatable bonds is 6. The van der Waals surface area contributed by atoms with Crippen molar-refractivity contribution in [2.45, 2.75) is 58.6 Å². The highest BCUT2D eigenvalue weighted by Gasteiger charge is 2.25. The zero-order chi connectivity index (χ0) is 15.3. The first kappa shape index (κ1) is 16.5. The summed E-state index contributed by atoms with van der Waals surface area (Å²) in [5.41, 5.74) is 1.85. The lowest BCUT2D eigenvalue weighted by Gasteiger charge is -2.26. The molecule has 110 valence electrons. The van der Waals surface area contributed by atoms with Crippen molar-refractivity contribution in [3.05, 3.63) is 29.3 Å². The van der Waals surface area contributed by atoms with Crippen LogP contribution < -0.4 is 10.1 Å². The van der Waals surface area contributed by atoms with Gasteiger partial charge in [0, 0.05) is 6.42 Å². The minimum absolute atomic E-state index is 0.0219. The van der Waals surface area contributed by atoms with E-state index in [9.17, 15) is 5.26 Å². The third-order valence-corrected chi connectivity index (χ3v) is 3.61. The molecule has 20 heavy (non-hydrogen) atoms. The van der Waals surface area contributed by atoms with E-state index in [1.807, 2.05) is 20.9 Å². The molecule has 0 bridgehead atoms. The van der Waals surface area contributed by atoms with E-state index >= 15 is 0 Å². The van der Waals surface area contributed by atoms with E-state index < -0.39 is 5.54 Å². The predicted octanol–water partition coefficient (Wildman–Crippen LogP) is 3.78. The molecule has 0 aliphatic carbocycles. The molecule has 1 rings (SSSR count). The van der Waals surface area contributed by atoms with Crippen LogP contribution in [-0.4, -0.2) is 18.7 Å². The summed E-state index contributed by atoms with van der Waals surface area (Å²) in [5.74, 6) is 1.35. The molecule has 2 atom stereocenters. The summed E-state index contributed by atoms with van der Waals surface area (Å²) in [6.45, 7) is 10.3. The van der Waals surface area contributed by atoms with E-state index in [4.69, 9.17) is 4.74 Å². The van der Waals surface area contributed by atoms with Crippen molar-refractivity contribution in [2.75, 3.05) is 7.05 Å². The topological polar surface area (TPSA) is 45.0 Å². The molecule has 2 unspecified atom stereocenters. The molecule has 0 aromatic heterocycles. The zero-order valence-corrected chi connectivity index (χ0v) is 13.4. The Labute approximate surface area is 123 Å². The van der Waals surface area contributed by atoms with Gasteiger partial charge in [-0.05, 0) is 50.9 Å². The standard InChI is InChI=1S/C17H26N2O/c1-12(2)15-8-7-13(3)9-16(15)20-14(4)10-17(5,11-18)19-6/h7-9,12,14,19H,10H2,1-6H3. The Bertz CT molecular complexity index is 490. The first-order chi connectivity index (χ1) is 9.31. The first-order valence-electron chi connectivity index (χ1n) is 7.18. The second kappa shape index (κ2) is 6.76. The quantitative estimate of drug-likeness (QED) is 0.858. The highest BCUT2D eigenvalue weighted by molar-refractivity contribution is 5.39. The molecule has 0 saturated carbocycles. The molecule has 0 saturated heterocycles.